The van der Waals surface area contributed by atoms with Crippen molar-refractivity contribution in [1.82, 2.24) is 4.31 Å². The van der Waals surface area contributed by atoms with Crippen molar-refractivity contribution in [2.45, 2.75) is 32.1 Å². The molecule has 1 heterocycles. The van der Waals surface area contributed by atoms with Crippen LogP contribution in [-0.2, 0) is 16.4 Å². The largest absolute Gasteiger partial charge is 0.213 e. The Hall–Kier alpha value is -0.870. The summed E-state index contributed by atoms with van der Waals surface area (Å²) in [5, 5.41) is 0. The molecule has 0 N–H and O–H groups in total. The van der Waals surface area contributed by atoms with Crippen molar-refractivity contribution < 1.29 is 8.42 Å². The Morgan fingerprint density at radius 3 is 2.17 bits per heavy atom. The molecule has 0 saturated carbocycles. The molecule has 2 rings (SSSR count). The average Bonchev–Trinajstić information content (AvgIpc) is 2.38. The number of piperidine rings is 1. The Labute approximate surface area is 110 Å². The number of sulfonamides is 1. The van der Waals surface area contributed by atoms with E-state index in [1.165, 1.54) is 17.4 Å². The van der Waals surface area contributed by atoms with Gasteiger partial charge in [-0.05, 0) is 36.3 Å². The highest BCUT2D eigenvalue weighted by Crippen LogP contribution is 2.29. The lowest BCUT2D eigenvalue weighted by Crippen LogP contribution is -2.37. The first kappa shape index (κ1) is 13.6. The van der Waals surface area contributed by atoms with Crippen molar-refractivity contribution in [2.75, 3.05) is 19.3 Å². The van der Waals surface area contributed by atoms with Gasteiger partial charge in [0.25, 0.3) is 0 Å². The first-order chi connectivity index (χ1) is 8.50. The molecule has 0 aromatic heterocycles. The smallest absolute Gasteiger partial charge is 0.211 e. The first-order valence-electron chi connectivity index (χ1n) is 6.54. The summed E-state index contributed by atoms with van der Waals surface area (Å²) < 4.78 is 24.5. The molecule has 1 aromatic rings. The second-order valence-electron chi connectivity index (χ2n) is 5.03. The maximum Gasteiger partial charge on any atom is 0.211 e. The van der Waals surface area contributed by atoms with Gasteiger partial charge >= 0.3 is 0 Å². The van der Waals surface area contributed by atoms with E-state index in [4.69, 9.17) is 0 Å². The van der Waals surface area contributed by atoms with Crippen molar-refractivity contribution in [3.8, 4) is 0 Å². The molecule has 1 aliphatic rings. The fraction of sp³-hybridized carbons (Fsp3) is 0.571. The Bertz CT molecular complexity index is 485. The van der Waals surface area contributed by atoms with Crippen molar-refractivity contribution in [3.05, 3.63) is 35.4 Å². The number of hydrogen-bond acceptors (Lipinski definition) is 2. The predicted molar refractivity (Wildman–Crippen MR) is 74.2 cm³/mol. The molecule has 1 saturated heterocycles. The minimum atomic E-state index is -3.01. The summed E-state index contributed by atoms with van der Waals surface area (Å²) >= 11 is 0. The molecular formula is C14H21NO2S. The summed E-state index contributed by atoms with van der Waals surface area (Å²) in [4.78, 5) is 0. The Balaban J connectivity index is 2.01. The van der Waals surface area contributed by atoms with Gasteiger partial charge in [-0.25, -0.2) is 12.7 Å². The molecule has 3 nitrogen and oxygen atoms in total. The van der Waals surface area contributed by atoms with Crippen LogP contribution in [0.15, 0.2) is 24.3 Å². The van der Waals surface area contributed by atoms with Gasteiger partial charge in [0.2, 0.25) is 10.0 Å². The third kappa shape index (κ3) is 3.12. The van der Waals surface area contributed by atoms with Gasteiger partial charge < -0.3 is 0 Å². The normalized spacial score (nSPS) is 19.0. The van der Waals surface area contributed by atoms with E-state index in [9.17, 15) is 8.42 Å². The molecule has 18 heavy (non-hydrogen) atoms. The number of hydrogen-bond donors (Lipinski definition) is 0. The van der Waals surface area contributed by atoms with Crippen molar-refractivity contribution in [1.29, 1.82) is 0 Å². The Kier molecular flexibility index (Phi) is 4.07. The van der Waals surface area contributed by atoms with E-state index in [0.717, 1.165) is 19.3 Å². The van der Waals surface area contributed by atoms with Crippen LogP contribution in [0.25, 0.3) is 0 Å². The standard InChI is InChI=1S/C14H21NO2S/c1-3-12-4-6-13(7-5-12)14-8-10-15(11-9-14)18(2,16)17/h4-7,14H,3,8-11H2,1-2H3. The lowest BCUT2D eigenvalue weighted by atomic mass is 9.89. The van der Waals surface area contributed by atoms with Crippen LogP contribution in [-0.4, -0.2) is 32.1 Å². The van der Waals surface area contributed by atoms with Gasteiger partial charge in [-0.15, -0.1) is 0 Å². The van der Waals surface area contributed by atoms with Crippen LogP contribution in [0.2, 0.25) is 0 Å². The third-order valence-electron chi connectivity index (χ3n) is 3.78. The van der Waals surface area contributed by atoms with Gasteiger partial charge in [0.05, 0.1) is 6.26 Å². The lowest BCUT2D eigenvalue weighted by Gasteiger charge is -2.30. The SMILES string of the molecule is CCc1ccc(C2CCN(S(C)(=O)=O)CC2)cc1. The van der Waals surface area contributed by atoms with Crippen LogP contribution in [0.1, 0.15) is 36.8 Å². The van der Waals surface area contributed by atoms with Gasteiger partial charge in [-0.1, -0.05) is 31.2 Å². The quantitative estimate of drug-likeness (QED) is 0.843. The first-order valence-corrected chi connectivity index (χ1v) is 8.39. The summed E-state index contributed by atoms with van der Waals surface area (Å²) in [5.74, 6) is 0.508. The predicted octanol–water partition coefficient (Wildman–Crippen LogP) is 2.39. The minimum Gasteiger partial charge on any atom is -0.213 e. The maximum atomic E-state index is 11.4. The van der Waals surface area contributed by atoms with E-state index >= 15 is 0 Å². The number of benzene rings is 1. The van der Waals surface area contributed by atoms with E-state index in [0.29, 0.717) is 19.0 Å². The average molecular weight is 267 g/mol. The van der Waals surface area contributed by atoms with Crippen LogP contribution in [0.3, 0.4) is 0 Å². The molecule has 0 amide bonds. The van der Waals surface area contributed by atoms with Gasteiger partial charge in [-0.2, -0.15) is 0 Å². The van der Waals surface area contributed by atoms with Crippen LogP contribution in [0.5, 0.6) is 0 Å². The molecule has 1 fully saturated rings. The lowest BCUT2D eigenvalue weighted by molar-refractivity contribution is 0.321. The van der Waals surface area contributed by atoms with Crippen molar-refractivity contribution in [3.63, 3.8) is 0 Å². The van der Waals surface area contributed by atoms with Gasteiger partial charge in [0.1, 0.15) is 0 Å². The monoisotopic (exact) mass is 267 g/mol. The molecule has 0 unspecified atom stereocenters. The van der Waals surface area contributed by atoms with Gasteiger partial charge in [-0.3, -0.25) is 0 Å². The maximum absolute atomic E-state index is 11.4. The fourth-order valence-electron chi connectivity index (χ4n) is 2.55. The molecule has 1 aromatic carbocycles. The fourth-order valence-corrected chi connectivity index (χ4v) is 3.42. The molecule has 1 aliphatic heterocycles. The molecule has 0 bridgehead atoms. The molecule has 0 aliphatic carbocycles. The van der Waals surface area contributed by atoms with E-state index in [1.807, 2.05) is 0 Å². The van der Waals surface area contributed by atoms with Crippen LogP contribution in [0.4, 0.5) is 0 Å². The third-order valence-corrected chi connectivity index (χ3v) is 5.09. The van der Waals surface area contributed by atoms with Crippen LogP contribution < -0.4 is 0 Å². The zero-order valence-corrected chi connectivity index (χ0v) is 11.9. The van der Waals surface area contributed by atoms with E-state index < -0.39 is 10.0 Å². The van der Waals surface area contributed by atoms with Gasteiger partial charge in [0.15, 0.2) is 0 Å². The van der Waals surface area contributed by atoms with Gasteiger partial charge in [0, 0.05) is 13.1 Å². The number of aryl methyl sites for hydroxylation is 1. The molecule has 0 spiro atoms. The summed E-state index contributed by atoms with van der Waals surface area (Å²) in [6.45, 7) is 3.46. The number of nitrogens with zero attached hydrogens (tertiary/aromatic N) is 1. The molecule has 0 atom stereocenters. The highest BCUT2D eigenvalue weighted by molar-refractivity contribution is 7.88. The second-order valence-corrected chi connectivity index (χ2v) is 7.01. The zero-order chi connectivity index (χ0) is 13.2. The summed E-state index contributed by atoms with van der Waals surface area (Å²) in [5.41, 5.74) is 2.70. The van der Waals surface area contributed by atoms with E-state index in [-0.39, 0.29) is 0 Å². The highest BCUT2D eigenvalue weighted by atomic mass is 32.2. The summed E-state index contributed by atoms with van der Waals surface area (Å²) in [6, 6.07) is 8.75. The van der Waals surface area contributed by atoms with Crippen molar-refractivity contribution >= 4 is 10.0 Å². The minimum absolute atomic E-state index is 0.508. The zero-order valence-electron chi connectivity index (χ0n) is 11.1. The second kappa shape index (κ2) is 5.41. The summed E-state index contributed by atoms with van der Waals surface area (Å²) in [6.07, 6.45) is 4.22. The molecular weight excluding hydrogens is 246 g/mol. The molecule has 0 radical (unpaired) electrons. The van der Waals surface area contributed by atoms with Crippen LogP contribution >= 0.6 is 0 Å². The topological polar surface area (TPSA) is 37.4 Å². The molecule has 4 heteroatoms. The van der Waals surface area contributed by atoms with Crippen LogP contribution in [0, 0.1) is 0 Å². The summed E-state index contributed by atoms with van der Waals surface area (Å²) in [7, 11) is -3.01. The van der Waals surface area contributed by atoms with Crippen molar-refractivity contribution in [2.24, 2.45) is 0 Å². The Morgan fingerprint density at radius 1 is 1.17 bits per heavy atom. The Morgan fingerprint density at radius 2 is 1.72 bits per heavy atom. The van der Waals surface area contributed by atoms with E-state index in [1.54, 1.807) is 4.31 Å². The number of rotatable bonds is 3. The molecule has 100 valence electrons. The van der Waals surface area contributed by atoms with E-state index in [2.05, 4.69) is 31.2 Å². The highest BCUT2D eigenvalue weighted by Gasteiger charge is 2.25.